The highest BCUT2D eigenvalue weighted by atomic mass is 16.5. The Morgan fingerprint density at radius 1 is 0.906 bits per heavy atom. The Labute approximate surface area is 191 Å². The van der Waals surface area contributed by atoms with E-state index in [0.717, 1.165) is 76.4 Å². The summed E-state index contributed by atoms with van der Waals surface area (Å²) in [6, 6.07) is 7.47. The topological polar surface area (TPSA) is 72.9 Å². The first kappa shape index (κ1) is 24.3. The van der Waals surface area contributed by atoms with Crippen LogP contribution in [0.5, 0.6) is 5.75 Å². The van der Waals surface area contributed by atoms with E-state index in [-0.39, 0.29) is 17.7 Å². The first-order valence-corrected chi connectivity index (χ1v) is 12.2. The number of rotatable bonds is 10. The quantitative estimate of drug-likeness (QED) is 0.303. The van der Waals surface area contributed by atoms with Gasteiger partial charge in [-0.2, -0.15) is 0 Å². The summed E-state index contributed by atoms with van der Waals surface area (Å²) < 4.78 is 10.7. The van der Waals surface area contributed by atoms with Crippen LogP contribution < -0.4 is 4.74 Å². The smallest absolute Gasteiger partial charge is 0.328 e. The second kappa shape index (κ2) is 12.6. The largest absolute Gasteiger partial charge is 0.497 e. The van der Waals surface area contributed by atoms with Gasteiger partial charge in [0.2, 0.25) is 5.78 Å². The molecule has 0 N–H and O–H groups in total. The minimum Gasteiger partial charge on any atom is -0.497 e. The van der Waals surface area contributed by atoms with Crippen LogP contribution >= 0.6 is 0 Å². The van der Waals surface area contributed by atoms with Gasteiger partial charge in [0.05, 0.1) is 13.7 Å². The number of ether oxygens (including phenoxy) is 2. The first-order valence-electron chi connectivity index (χ1n) is 12.2. The summed E-state index contributed by atoms with van der Waals surface area (Å²) >= 11 is 0. The van der Waals surface area contributed by atoms with E-state index in [4.69, 9.17) is 9.47 Å². The van der Waals surface area contributed by atoms with Gasteiger partial charge in [-0.05, 0) is 75.5 Å². The zero-order chi connectivity index (χ0) is 22.8. The maximum absolute atomic E-state index is 12.9. The molecule has 3 rings (SSSR count). The maximum Gasteiger partial charge on any atom is 0.328 e. The molecule has 6 nitrogen and oxygen atoms in total. The zero-order valence-electron chi connectivity index (χ0n) is 19.4. The van der Waals surface area contributed by atoms with Crippen LogP contribution in [-0.4, -0.2) is 48.9 Å². The van der Waals surface area contributed by atoms with Gasteiger partial charge in [0.25, 0.3) is 5.91 Å². The molecule has 0 spiro atoms. The van der Waals surface area contributed by atoms with Gasteiger partial charge in [0.1, 0.15) is 11.8 Å². The Morgan fingerprint density at radius 2 is 1.62 bits per heavy atom. The number of unbranched alkanes of at least 4 members (excludes halogenated alkanes) is 2. The van der Waals surface area contributed by atoms with Crippen molar-refractivity contribution in [1.29, 1.82) is 0 Å². The molecule has 1 saturated carbocycles. The number of piperidine rings is 1. The molecule has 2 aliphatic rings. The third-order valence-corrected chi connectivity index (χ3v) is 6.74. The van der Waals surface area contributed by atoms with Gasteiger partial charge in [-0.3, -0.25) is 9.59 Å². The van der Waals surface area contributed by atoms with Crippen LogP contribution in [0, 0.1) is 5.92 Å². The third-order valence-electron chi connectivity index (χ3n) is 6.74. The van der Waals surface area contributed by atoms with E-state index >= 15 is 0 Å². The number of amides is 1. The average molecular weight is 444 g/mol. The molecule has 0 bridgehead atoms. The highest BCUT2D eigenvalue weighted by Gasteiger charge is 2.38. The van der Waals surface area contributed by atoms with Crippen molar-refractivity contribution in [3.8, 4) is 5.75 Å². The van der Waals surface area contributed by atoms with Crippen molar-refractivity contribution in [1.82, 2.24) is 4.90 Å². The van der Waals surface area contributed by atoms with Gasteiger partial charge in [0, 0.05) is 12.5 Å². The Balaban J connectivity index is 1.39. The zero-order valence-corrected chi connectivity index (χ0v) is 19.4. The molecular formula is C26H37NO5. The van der Waals surface area contributed by atoms with E-state index in [2.05, 4.69) is 12.1 Å². The summed E-state index contributed by atoms with van der Waals surface area (Å²) in [6.07, 6.45) is 10.8. The number of esters is 1. The normalized spacial score (nSPS) is 19.4. The summed E-state index contributed by atoms with van der Waals surface area (Å²) in [5.74, 6) is -0.442. The first-order chi connectivity index (χ1) is 15.6. The summed E-state index contributed by atoms with van der Waals surface area (Å²) in [7, 11) is 1.66. The Bertz CT molecular complexity index is 754. The molecule has 0 aromatic heterocycles. The van der Waals surface area contributed by atoms with Gasteiger partial charge < -0.3 is 14.4 Å². The van der Waals surface area contributed by atoms with E-state index in [1.807, 2.05) is 12.1 Å². The lowest BCUT2D eigenvalue weighted by atomic mass is 9.85. The molecule has 32 heavy (non-hydrogen) atoms. The SMILES string of the molecule is COc1ccc(CCCCCOC(=O)C2CCCCN2C(=O)C(=O)C2CCCCC2)cc1. The minimum absolute atomic E-state index is 0.166. The molecule has 1 aliphatic heterocycles. The van der Waals surface area contributed by atoms with Gasteiger partial charge in [-0.15, -0.1) is 0 Å². The predicted molar refractivity (Wildman–Crippen MR) is 122 cm³/mol. The fourth-order valence-electron chi connectivity index (χ4n) is 4.77. The molecule has 1 aromatic rings. The number of nitrogens with zero attached hydrogens (tertiary/aromatic N) is 1. The van der Waals surface area contributed by atoms with Crippen LogP contribution in [0.15, 0.2) is 24.3 Å². The van der Waals surface area contributed by atoms with Gasteiger partial charge in [-0.25, -0.2) is 4.79 Å². The van der Waals surface area contributed by atoms with Crippen LogP contribution in [0.2, 0.25) is 0 Å². The van der Waals surface area contributed by atoms with Crippen molar-refractivity contribution in [3.63, 3.8) is 0 Å². The summed E-state index contributed by atoms with van der Waals surface area (Å²) in [4.78, 5) is 39.7. The minimum atomic E-state index is -0.608. The number of ketones is 1. The molecule has 176 valence electrons. The monoisotopic (exact) mass is 443 g/mol. The van der Waals surface area contributed by atoms with Crippen LogP contribution in [0.4, 0.5) is 0 Å². The summed E-state index contributed by atoms with van der Waals surface area (Å²) in [5, 5.41) is 0. The highest BCUT2D eigenvalue weighted by molar-refractivity contribution is 6.37. The number of hydrogen-bond donors (Lipinski definition) is 0. The van der Waals surface area contributed by atoms with Gasteiger partial charge in [0.15, 0.2) is 0 Å². The van der Waals surface area contributed by atoms with Crippen LogP contribution in [-0.2, 0) is 25.5 Å². The maximum atomic E-state index is 12.9. The lowest BCUT2D eigenvalue weighted by Crippen LogP contribution is -2.52. The number of hydrogen-bond acceptors (Lipinski definition) is 5. The fraction of sp³-hybridized carbons (Fsp3) is 0.654. The van der Waals surface area contributed by atoms with Crippen molar-refractivity contribution in [2.45, 2.75) is 83.1 Å². The lowest BCUT2D eigenvalue weighted by Gasteiger charge is -2.34. The number of likely N-dealkylation sites (tertiary alicyclic amines) is 1. The number of Topliss-reactive ketones (excluding diaryl/α,β-unsaturated/α-hetero) is 1. The Morgan fingerprint density at radius 3 is 2.34 bits per heavy atom. The summed E-state index contributed by atoms with van der Waals surface area (Å²) in [6.45, 7) is 0.829. The number of benzene rings is 1. The third kappa shape index (κ3) is 6.81. The highest BCUT2D eigenvalue weighted by Crippen LogP contribution is 2.27. The van der Waals surface area contributed by atoms with E-state index in [0.29, 0.717) is 19.6 Å². The van der Waals surface area contributed by atoms with E-state index in [1.165, 1.54) is 10.5 Å². The molecule has 1 aliphatic carbocycles. The summed E-state index contributed by atoms with van der Waals surface area (Å²) in [5.41, 5.74) is 1.27. The molecule has 1 heterocycles. The molecule has 1 amide bonds. The number of carbonyl (C=O) groups is 3. The molecular weight excluding hydrogens is 406 g/mol. The van der Waals surface area contributed by atoms with Crippen molar-refractivity contribution >= 4 is 17.7 Å². The second-order valence-electron chi connectivity index (χ2n) is 9.04. The average Bonchev–Trinajstić information content (AvgIpc) is 2.86. The molecule has 6 heteroatoms. The van der Waals surface area contributed by atoms with E-state index in [9.17, 15) is 14.4 Å². The fourth-order valence-corrected chi connectivity index (χ4v) is 4.77. The molecule has 1 aromatic carbocycles. The number of carbonyl (C=O) groups excluding carboxylic acids is 3. The number of methoxy groups -OCH3 is 1. The van der Waals surface area contributed by atoms with Crippen LogP contribution in [0.1, 0.15) is 76.2 Å². The standard InChI is InChI=1S/C26H37NO5/c1-31-22-16-14-20(15-17-22)10-4-3-9-19-32-26(30)23-13-7-8-18-27(23)25(29)24(28)21-11-5-2-6-12-21/h14-17,21,23H,2-13,18-19H2,1H3. The van der Waals surface area contributed by atoms with Crippen molar-refractivity contribution < 1.29 is 23.9 Å². The predicted octanol–water partition coefficient (Wildman–Crippen LogP) is 4.48. The van der Waals surface area contributed by atoms with Crippen LogP contribution in [0.3, 0.4) is 0 Å². The molecule has 2 fully saturated rings. The Hall–Kier alpha value is -2.37. The van der Waals surface area contributed by atoms with E-state index in [1.54, 1.807) is 7.11 Å². The molecule has 1 unspecified atom stereocenters. The lowest BCUT2D eigenvalue weighted by molar-refractivity contribution is -0.160. The second-order valence-corrected chi connectivity index (χ2v) is 9.04. The van der Waals surface area contributed by atoms with Gasteiger partial charge >= 0.3 is 5.97 Å². The molecule has 1 atom stereocenters. The van der Waals surface area contributed by atoms with Crippen molar-refractivity contribution in [2.24, 2.45) is 5.92 Å². The van der Waals surface area contributed by atoms with Crippen molar-refractivity contribution in [2.75, 3.05) is 20.3 Å². The van der Waals surface area contributed by atoms with Gasteiger partial charge in [-0.1, -0.05) is 31.4 Å². The van der Waals surface area contributed by atoms with E-state index < -0.39 is 11.9 Å². The van der Waals surface area contributed by atoms with Crippen molar-refractivity contribution in [3.05, 3.63) is 29.8 Å². The number of aryl methyl sites for hydroxylation is 1. The Kier molecular flexibility index (Phi) is 9.57. The molecule has 1 saturated heterocycles. The molecule has 0 radical (unpaired) electrons. The van der Waals surface area contributed by atoms with Crippen LogP contribution in [0.25, 0.3) is 0 Å².